The van der Waals surface area contributed by atoms with Crippen LogP contribution in [0.15, 0.2) is 18.2 Å². The van der Waals surface area contributed by atoms with E-state index in [1.54, 1.807) is 12.1 Å². The number of rotatable bonds is 1. The minimum Gasteiger partial charge on any atom is -0.545 e. The summed E-state index contributed by atoms with van der Waals surface area (Å²) in [6.45, 7) is 0. The molecule has 1 aromatic rings. The molecule has 68 valence electrons. The van der Waals surface area contributed by atoms with Gasteiger partial charge in [0, 0.05) is 5.56 Å². The summed E-state index contributed by atoms with van der Waals surface area (Å²) in [6.07, 6.45) is 4.16. The van der Waals surface area contributed by atoms with Gasteiger partial charge >= 0.3 is 51.4 Å². The molecule has 0 spiro atoms. The fraction of sp³-hybridized carbons (Fsp3) is 0.364. The maximum absolute atomic E-state index is 10.8. The van der Waals surface area contributed by atoms with Crippen LogP contribution < -0.4 is 56.5 Å². The van der Waals surface area contributed by atoms with Crippen molar-refractivity contribution in [2.75, 3.05) is 0 Å². The number of carbonyl (C=O) groups excluding carboxylic acids is 1. The van der Waals surface area contributed by atoms with Crippen LogP contribution in [0.5, 0.6) is 0 Å². The number of carboxylic acids is 1. The maximum atomic E-state index is 10.8. The van der Waals surface area contributed by atoms with E-state index in [1.165, 1.54) is 12.0 Å². The maximum Gasteiger partial charge on any atom is 1.00 e. The number of carboxylic acid groups (broad SMARTS) is 1. The summed E-state index contributed by atoms with van der Waals surface area (Å²) in [6, 6.07) is 5.45. The van der Waals surface area contributed by atoms with Crippen molar-refractivity contribution in [3.05, 3.63) is 34.9 Å². The van der Waals surface area contributed by atoms with Crippen molar-refractivity contribution in [3.63, 3.8) is 0 Å². The first-order valence-electron chi connectivity index (χ1n) is 4.61. The topological polar surface area (TPSA) is 40.1 Å². The Bertz CT molecular complexity index is 347. The van der Waals surface area contributed by atoms with E-state index < -0.39 is 5.97 Å². The number of hydrogen-bond acceptors (Lipinski definition) is 2. The van der Waals surface area contributed by atoms with Crippen molar-refractivity contribution in [1.29, 1.82) is 0 Å². The fourth-order valence-corrected chi connectivity index (χ4v) is 1.97. The second-order valence-corrected chi connectivity index (χ2v) is 3.44. The molecule has 0 N–H and O–H groups in total. The summed E-state index contributed by atoms with van der Waals surface area (Å²) in [5.41, 5.74) is 2.57. The number of fused-ring (bicyclic) bond motifs is 1. The number of hydrogen-bond donors (Lipinski definition) is 0. The molecule has 0 atom stereocenters. The van der Waals surface area contributed by atoms with Crippen molar-refractivity contribution >= 4 is 5.97 Å². The number of aromatic carboxylic acids is 1. The molecule has 0 amide bonds. The Kier molecular flexibility index (Phi) is 4.80. The van der Waals surface area contributed by atoms with Crippen LogP contribution in [0.1, 0.15) is 34.3 Å². The monoisotopic (exact) mass is 214 g/mol. The zero-order chi connectivity index (χ0) is 9.26. The third kappa shape index (κ3) is 2.47. The molecule has 0 saturated carbocycles. The Morgan fingerprint density at radius 1 is 1.21 bits per heavy atom. The van der Waals surface area contributed by atoms with E-state index in [0.29, 0.717) is 5.56 Å². The summed E-state index contributed by atoms with van der Waals surface area (Å²) < 4.78 is 0. The van der Waals surface area contributed by atoms with Crippen molar-refractivity contribution in [2.45, 2.75) is 25.7 Å². The largest absolute Gasteiger partial charge is 1.00 e. The predicted molar refractivity (Wildman–Crippen MR) is 47.4 cm³/mol. The van der Waals surface area contributed by atoms with Gasteiger partial charge in [0.2, 0.25) is 0 Å². The predicted octanol–water partition coefficient (Wildman–Crippen LogP) is -2.07. The Morgan fingerprint density at radius 3 is 2.64 bits per heavy atom. The van der Waals surface area contributed by atoms with Crippen molar-refractivity contribution in [1.82, 2.24) is 0 Å². The SMILES string of the molecule is O=C([O-])c1cccc2c1CCCC2.[K+]. The fourth-order valence-electron chi connectivity index (χ4n) is 1.97. The van der Waals surface area contributed by atoms with Gasteiger partial charge in [-0.3, -0.25) is 0 Å². The van der Waals surface area contributed by atoms with Gasteiger partial charge in [0.1, 0.15) is 0 Å². The van der Waals surface area contributed by atoms with Gasteiger partial charge in [0.05, 0.1) is 5.97 Å². The summed E-state index contributed by atoms with van der Waals surface area (Å²) in [5, 5.41) is 10.8. The molecule has 0 radical (unpaired) electrons. The van der Waals surface area contributed by atoms with Gasteiger partial charge in [-0.25, -0.2) is 0 Å². The quantitative estimate of drug-likeness (QED) is 0.504. The summed E-state index contributed by atoms with van der Waals surface area (Å²) in [5.74, 6) is -1.04. The van der Waals surface area contributed by atoms with Crippen LogP contribution in [0, 0.1) is 0 Å². The van der Waals surface area contributed by atoms with Crippen LogP contribution in [0.4, 0.5) is 0 Å². The summed E-state index contributed by atoms with van der Waals surface area (Å²) in [4.78, 5) is 10.8. The third-order valence-corrected chi connectivity index (χ3v) is 2.62. The van der Waals surface area contributed by atoms with Gasteiger partial charge in [0.15, 0.2) is 0 Å². The molecule has 0 saturated heterocycles. The van der Waals surface area contributed by atoms with Crippen molar-refractivity contribution in [3.8, 4) is 0 Å². The molecule has 2 nitrogen and oxygen atoms in total. The van der Waals surface area contributed by atoms with E-state index in [9.17, 15) is 9.90 Å². The smallest absolute Gasteiger partial charge is 0.545 e. The average Bonchev–Trinajstić information content (AvgIpc) is 2.17. The zero-order valence-corrected chi connectivity index (χ0v) is 11.5. The Balaban J connectivity index is 0.000000980. The van der Waals surface area contributed by atoms with E-state index in [0.717, 1.165) is 24.8 Å². The normalized spacial score (nSPS) is 14.0. The van der Waals surface area contributed by atoms with E-state index in [-0.39, 0.29) is 51.4 Å². The first-order chi connectivity index (χ1) is 6.29. The van der Waals surface area contributed by atoms with Gasteiger partial charge in [-0.15, -0.1) is 0 Å². The Hall–Kier alpha value is 0.326. The van der Waals surface area contributed by atoms with Gasteiger partial charge in [-0.05, 0) is 36.8 Å². The molecule has 0 aliphatic heterocycles. The molecular formula is C11H11KO2. The van der Waals surface area contributed by atoms with Gasteiger partial charge in [-0.2, -0.15) is 0 Å². The average molecular weight is 214 g/mol. The number of carbonyl (C=O) groups is 1. The third-order valence-electron chi connectivity index (χ3n) is 2.62. The molecule has 0 fully saturated rings. The van der Waals surface area contributed by atoms with E-state index in [4.69, 9.17) is 0 Å². The van der Waals surface area contributed by atoms with Crippen LogP contribution in [-0.2, 0) is 12.8 Å². The second-order valence-electron chi connectivity index (χ2n) is 3.44. The molecule has 3 heteroatoms. The van der Waals surface area contributed by atoms with E-state index in [1.807, 2.05) is 6.07 Å². The minimum absolute atomic E-state index is 0. The second kappa shape index (κ2) is 5.42. The molecule has 2 rings (SSSR count). The van der Waals surface area contributed by atoms with Crippen LogP contribution >= 0.6 is 0 Å². The standard InChI is InChI=1S/C11H12O2.K/c12-11(13)10-7-3-5-8-4-1-2-6-9(8)10;/h3,5,7H,1-2,4,6H2,(H,12,13);/q;+1/p-1. The molecule has 1 aliphatic carbocycles. The first kappa shape index (κ1) is 12.4. The molecular weight excluding hydrogens is 203 g/mol. The van der Waals surface area contributed by atoms with Crippen LogP contribution in [0.2, 0.25) is 0 Å². The van der Waals surface area contributed by atoms with Crippen LogP contribution in [0.3, 0.4) is 0 Å². The van der Waals surface area contributed by atoms with Crippen molar-refractivity contribution in [2.24, 2.45) is 0 Å². The van der Waals surface area contributed by atoms with Gasteiger partial charge < -0.3 is 9.90 Å². The Labute approximate surface area is 126 Å². The molecule has 0 unspecified atom stereocenters. The van der Waals surface area contributed by atoms with Crippen molar-refractivity contribution < 1.29 is 61.3 Å². The molecule has 14 heavy (non-hydrogen) atoms. The minimum atomic E-state index is -1.04. The van der Waals surface area contributed by atoms with Gasteiger partial charge in [-0.1, -0.05) is 18.2 Å². The van der Waals surface area contributed by atoms with Crippen LogP contribution in [0.25, 0.3) is 0 Å². The molecule has 0 aromatic heterocycles. The summed E-state index contributed by atoms with van der Waals surface area (Å²) >= 11 is 0. The number of benzene rings is 1. The van der Waals surface area contributed by atoms with E-state index in [2.05, 4.69) is 0 Å². The molecule has 0 heterocycles. The Morgan fingerprint density at radius 2 is 1.93 bits per heavy atom. The zero-order valence-electron chi connectivity index (χ0n) is 8.38. The van der Waals surface area contributed by atoms with Crippen LogP contribution in [-0.4, -0.2) is 5.97 Å². The van der Waals surface area contributed by atoms with E-state index >= 15 is 0 Å². The molecule has 1 aromatic carbocycles. The number of aryl methyl sites for hydroxylation is 1. The van der Waals surface area contributed by atoms with Gasteiger partial charge in [0.25, 0.3) is 0 Å². The molecule has 0 bridgehead atoms. The summed E-state index contributed by atoms with van der Waals surface area (Å²) in [7, 11) is 0. The first-order valence-corrected chi connectivity index (χ1v) is 4.61. The molecule has 1 aliphatic rings.